The smallest absolute Gasteiger partial charge is 0.169 e. The fourth-order valence-electron chi connectivity index (χ4n) is 3.62. The van der Waals surface area contributed by atoms with E-state index in [-0.39, 0.29) is 17.2 Å². The molecule has 4 rings (SSSR count). The second kappa shape index (κ2) is 8.55. The molecular weight excluding hydrogens is 402 g/mol. The van der Waals surface area contributed by atoms with E-state index in [9.17, 15) is 15.3 Å². The second-order valence-corrected chi connectivity index (χ2v) is 7.82. The molecule has 0 spiro atoms. The highest BCUT2D eigenvalue weighted by molar-refractivity contribution is 5.84. The van der Waals surface area contributed by atoms with Crippen molar-refractivity contribution in [2.24, 2.45) is 0 Å². The molecule has 162 valence electrons. The van der Waals surface area contributed by atoms with E-state index in [4.69, 9.17) is 4.74 Å². The molecule has 0 heterocycles. The van der Waals surface area contributed by atoms with Crippen LogP contribution in [0.3, 0.4) is 0 Å². The number of hydrogen-bond donors (Lipinski definition) is 3. The summed E-state index contributed by atoms with van der Waals surface area (Å²) in [7, 11) is 0. The maximum absolute atomic E-state index is 10.3. The van der Waals surface area contributed by atoms with Crippen molar-refractivity contribution in [2.75, 3.05) is 4.90 Å². The van der Waals surface area contributed by atoms with Crippen molar-refractivity contribution in [3.05, 3.63) is 95.6 Å². The lowest BCUT2D eigenvalue weighted by Gasteiger charge is -2.30. The van der Waals surface area contributed by atoms with Crippen molar-refractivity contribution >= 4 is 17.1 Å². The first-order chi connectivity index (χ1) is 15.3. The number of phenolic OH excluding ortho intramolecular Hbond substituents is 3. The van der Waals surface area contributed by atoms with E-state index >= 15 is 0 Å². The van der Waals surface area contributed by atoms with Crippen molar-refractivity contribution in [1.82, 2.24) is 0 Å². The summed E-state index contributed by atoms with van der Waals surface area (Å²) in [5.74, 6) is 1.15. The lowest BCUT2D eigenvalue weighted by molar-refractivity contribution is 0.411. The summed E-state index contributed by atoms with van der Waals surface area (Å²) in [6.07, 6.45) is 0. The van der Waals surface area contributed by atoms with Crippen molar-refractivity contribution in [1.29, 1.82) is 0 Å². The molecule has 0 bridgehead atoms. The lowest BCUT2D eigenvalue weighted by atomic mass is 10.1. The van der Waals surface area contributed by atoms with E-state index in [0.29, 0.717) is 17.2 Å². The van der Waals surface area contributed by atoms with Crippen molar-refractivity contribution < 1.29 is 20.1 Å². The van der Waals surface area contributed by atoms with Gasteiger partial charge in [0.2, 0.25) is 0 Å². The molecule has 0 saturated carbocycles. The van der Waals surface area contributed by atoms with Crippen LogP contribution in [0.2, 0.25) is 0 Å². The van der Waals surface area contributed by atoms with E-state index in [1.165, 1.54) is 0 Å². The lowest BCUT2D eigenvalue weighted by Crippen LogP contribution is -2.13. The van der Waals surface area contributed by atoms with Gasteiger partial charge in [-0.25, -0.2) is 0 Å². The van der Waals surface area contributed by atoms with Gasteiger partial charge in [0, 0.05) is 12.1 Å². The van der Waals surface area contributed by atoms with Crippen LogP contribution in [0.4, 0.5) is 17.1 Å². The largest absolute Gasteiger partial charge is 0.508 e. The minimum atomic E-state index is 0.0408. The van der Waals surface area contributed by atoms with Crippen LogP contribution in [0.5, 0.6) is 28.7 Å². The first-order valence-corrected chi connectivity index (χ1v) is 10.3. The molecule has 3 N–H and O–H groups in total. The van der Waals surface area contributed by atoms with Crippen LogP contribution in [0.15, 0.2) is 78.9 Å². The SMILES string of the molecule is Cc1ccc(O)c(Oc2ccccc2N(c2cc(O)ccc2C)c2cc(O)ccc2C)c1. The summed E-state index contributed by atoms with van der Waals surface area (Å²) in [5, 5.41) is 30.8. The molecule has 0 aliphatic carbocycles. The summed E-state index contributed by atoms with van der Waals surface area (Å²) in [6, 6.07) is 23.0. The Kier molecular flexibility index (Phi) is 5.65. The van der Waals surface area contributed by atoms with E-state index in [2.05, 4.69) is 0 Å². The minimum absolute atomic E-state index is 0.0408. The van der Waals surface area contributed by atoms with E-state index in [1.807, 2.05) is 68.1 Å². The number of hydrogen-bond acceptors (Lipinski definition) is 5. The normalized spacial score (nSPS) is 10.7. The Labute approximate surface area is 187 Å². The Bertz CT molecular complexity index is 1230. The number of ether oxygens (including phenoxy) is 1. The van der Waals surface area contributed by atoms with Gasteiger partial charge in [-0.2, -0.15) is 0 Å². The highest BCUT2D eigenvalue weighted by Gasteiger charge is 2.22. The van der Waals surface area contributed by atoms with Crippen LogP contribution in [-0.2, 0) is 0 Å². The van der Waals surface area contributed by atoms with Gasteiger partial charge < -0.3 is 25.0 Å². The number of rotatable bonds is 5. The fourth-order valence-corrected chi connectivity index (χ4v) is 3.62. The van der Waals surface area contributed by atoms with Gasteiger partial charge >= 0.3 is 0 Å². The molecule has 0 atom stereocenters. The van der Waals surface area contributed by atoms with E-state index in [1.54, 1.807) is 36.4 Å². The fraction of sp³-hybridized carbons (Fsp3) is 0.111. The molecule has 0 aliphatic rings. The Morgan fingerprint density at radius 2 is 1.19 bits per heavy atom. The molecule has 4 aromatic carbocycles. The molecule has 4 aromatic rings. The Morgan fingerprint density at radius 1 is 0.594 bits per heavy atom. The summed E-state index contributed by atoms with van der Waals surface area (Å²) >= 11 is 0. The van der Waals surface area contributed by atoms with Gasteiger partial charge in [-0.05, 0) is 73.9 Å². The first-order valence-electron chi connectivity index (χ1n) is 10.3. The number of anilines is 3. The zero-order chi connectivity index (χ0) is 22.8. The number of aryl methyl sites for hydroxylation is 3. The van der Waals surface area contributed by atoms with Gasteiger partial charge in [0.05, 0.1) is 17.1 Å². The number of aromatic hydroxyl groups is 3. The number of para-hydroxylation sites is 2. The zero-order valence-electron chi connectivity index (χ0n) is 18.2. The van der Waals surface area contributed by atoms with E-state index < -0.39 is 0 Å². The van der Waals surface area contributed by atoms with Gasteiger partial charge in [-0.3, -0.25) is 0 Å². The quantitative estimate of drug-likeness (QED) is 0.320. The molecule has 0 saturated heterocycles. The van der Waals surface area contributed by atoms with Crippen LogP contribution in [0, 0.1) is 20.8 Å². The molecule has 0 amide bonds. The predicted molar refractivity (Wildman–Crippen MR) is 127 cm³/mol. The molecule has 5 nitrogen and oxygen atoms in total. The molecule has 0 aliphatic heterocycles. The molecular formula is C27H25NO4. The maximum atomic E-state index is 10.3. The molecule has 0 fully saturated rings. The second-order valence-electron chi connectivity index (χ2n) is 7.82. The highest BCUT2D eigenvalue weighted by Crippen LogP contribution is 2.46. The topological polar surface area (TPSA) is 73.2 Å². The minimum Gasteiger partial charge on any atom is -0.508 e. The third-order valence-electron chi connectivity index (χ3n) is 5.31. The van der Waals surface area contributed by atoms with Gasteiger partial charge in [0.1, 0.15) is 11.5 Å². The van der Waals surface area contributed by atoms with Crippen LogP contribution in [-0.4, -0.2) is 15.3 Å². The van der Waals surface area contributed by atoms with Crippen molar-refractivity contribution in [3.8, 4) is 28.7 Å². The van der Waals surface area contributed by atoms with Gasteiger partial charge in [0.25, 0.3) is 0 Å². The third kappa shape index (κ3) is 4.18. The number of phenols is 3. The highest BCUT2D eigenvalue weighted by atomic mass is 16.5. The van der Waals surface area contributed by atoms with Crippen LogP contribution in [0.1, 0.15) is 16.7 Å². The zero-order valence-corrected chi connectivity index (χ0v) is 18.2. The molecule has 0 radical (unpaired) electrons. The van der Waals surface area contributed by atoms with Crippen molar-refractivity contribution in [2.45, 2.75) is 20.8 Å². The number of nitrogens with zero attached hydrogens (tertiary/aromatic N) is 1. The summed E-state index contributed by atoms with van der Waals surface area (Å²) < 4.78 is 6.17. The maximum Gasteiger partial charge on any atom is 0.169 e. The van der Waals surface area contributed by atoms with Gasteiger partial charge in [-0.1, -0.05) is 30.3 Å². The first kappa shape index (κ1) is 21.1. The monoisotopic (exact) mass is 427 g/mol. The third-order valence-corrected chi connectivity index (χ3v) is 5.31. The standard InChI is InChI=1S/C27H25NO4/c1-17-8-13-25(31)27(14-17)32-26-7-5-4-6-22(26)28(23-15-20(29)11-9-18(23)2)24-16-21(30)12-10-19(24)3/h4-16,29-31H,1-3H3. The van der Waals surface area contributed by atoms with Crippen LogP contribution >= 0.6 is 0 Å². The average molecular weight is 428 g/mol. The summed E-state index contributed by atoms with van der Waals surface area (Å²) in [5.41, 5.74) is 4.99. The average Bonchev–Trinajstić information content (AvgIpc) is 2.77. The molecule has 0 unspecified atom stereocenters. The Balaban J connectivity index is 1.94. The molecule has 32 heavy (non-hydrogen) atoms. The Morgan fingerprint density at radius 3 is 1.81 bits per heavy atom. The number of benzene rings is 4. The molecule has 0 aromatic heterocycles. The summed E-state index contributed by atoms with van der Waals surface area (Å²) in [4.78, 5) is 1.94. The van der Waals surface area contributed by atoms with Crippen molar-refractivity contribution in [3.63, 3.8) is 0 Å². The van der Waals surface area contributed by atoms with Crippen LogP contribution in [0.25, 0.3) is 0 Å². The Hall–Kier alpha value is -4.12. The van der Waals surface area contributed by atoms with Gasteiger partial charge in [0.15, 0.2) is 17.2 Å². The van der Waals surface area contributed by atoms with Crippen LogP contribution < -0.4 is 9.64 Å². The predicted octanol–water partition coefficient (Wildman–Crippen LogP) is 6.99. The summed E-state index contributed by atoms with van der Waals surface area (Å²) in [6.45, 7) is 5.84. The van der Waals surface area contributed by atoms with E-state index in [0.717, 1.165) is 28.1 Å². The van der Waals surface area contributed by atoms with Gasteiger partial charge in [-0.15, -0.1) is 0 Å². The molecule has 5 heteroatoms.